The second kappa shape index (κ2) is 4.78. The maximum Gasteiger partial charge on any atom is 0.303 e. The summed E-state index contributed by atoms with van der Waals surface area (Å²) in [6.07, 6.45) is 4.08. The van der Waals surface area contributed by atoms with E-state index in [4.69, 9.17) is 5.11 Å². The number of imidazole rings is 1. The molecular formula is C12H13N3O2. The lowest BCUT2D eigenvalue weighted by atomic mass is 10.2. The predicted molar refractivity (Wildman–Crippen MR) is 62.1 cm³/mol. The maximum absolute atomic E-state index is 10.5. The van der Waals surface area contributed by atoms with Crippen LogP contribution in [0.1, 0.15) is 17.9 Å². The van der Waals surface area contributed by atoms with Crippen LogP contribution in [0.3, 0.4) is 0 Å². The lowest BCUT2D eigenvalue weighted by molar-refractivity contribution is -0.136. The molecule has 0 bridgehead atoms. The summed E-state index contributed by atoms with van der Waals surface area (Å²) in [5, 5.41) is 8.62. The molecule has 1 N–H and O–H groups in total. The minimum atomic E-state index is -0.810. The lowest BCUT2D eigenvalue weighted by Gasteiger charge is -2.01. The van der Waals surface area contributed by atoms with Gasteiger partial charge in [-0.1, -0.05) is 6.07 Å². The van der Waals surface area contributed by atoms with Crippen molar-refractivity contribution in [3.8, 4) is 5.82 Å². The highest BCUT2D eigenvalue weighted by Gasteiger charge is 2.07. The number of carboxylic acids is 1. The molecular weight excluding hydrogens is 218 g/mol. The summed E-state index contributed by atoms with van der Waals surface area (Å²) < 4.78 is 1.86. The Kier molecular flexibility index (Phi) is 3.18. The molecule has 0 aliphatic carbocycles. The fourth-order valence-electron chi connectivity index (χ4n) is 1.62. The molecule has 5 heteroatoms. The summed E-state index contributed by atoms with van der Waals surface area (Å²) in [7, 11) is 0. The lowest BCUT2D eigenvalue weighted by Crippen LogP contribution is -1.98. The number of nitrogens with zero attached hydrogens (tertiary/aromatic N) is 3. The third-order valence-electron chi connectivity index (χ3n) is 2.42. The van der Waals surface area contributed by atoms with Gasteiger partial charge >= 0.3 is 5.97 Å². The Hall–Kier alpha value is -2.17. The normalized spacial score (nSPS) is 10.4. The molecule has 0 fully saturated rings. The van der Waals surface area contributed by atoms with Crippen LogP contribution in [0.4, 0.5) is 0 Å². The summed E-state index contributed by atoms with van der Waals surface area (Å²) in [6.45, 7) is 1.87. The Morgan fingerprint density at radius 2 is 2.29 bits per heavy atom. The number of rotatable bonds is 4. The van der Waals surface area contributed by atoms with Crippen LogP contribution in [0.5, 0.6) is 0 Å². The van der Waals surface area contributed by atoms with E-state index in [1.165, 1.54) is 0 Å². The van der Waals surface area contributed by atoms with Crippen LogP contribution in [-0.4, -0.2) is 25.6 Å². The molecule has 2 aromatic rings. The Balaban J connectivity index is 2.22. The Morgan fingerprint density at radius 1 is 1.47 bits per heavy atom. The zero-order valence-electron chi connectivity index (χ0n) is 9.50. The van der Waals surface area contributed by atoms with Crippen LogP contribution in [0, 0.1) is 6.92 Å². The quantitative estimate of drug-likeness (QED) is 0.867. The van der Waals surface area contributed by atoms with Gasteiger partial charge in [-0.3, -0.25) is 9.36 Å². The molecule has 2 rings (SSSR count). The first-order chi connectivity index (χ1) is 8.16. The first-order valence-electron chi connectivity index (χ1n) is 5.35. The second-order valence-corrected chi connectivity index (χ2v) is 3.73. The van der Waals surface area contributed by atoms with Gasteiger partial charge in [0.15, 0.2) is 0 Å². The van der Waals surface area contributed by atoms with Gasteiger partial charge in [0.25, 0.3) is 0 Å². The molecule has 17 heavy (non-hydrogen) atoms. The highest BCUT2D eigenvalue weighted by atomic mass is 16.4. The molecule has 0 unspecified atom stereocenters. The van der Waals surface area contributed by atoms with Crippen molar-refractivity contribution < 1.29 is 9.90 Å². The summed E-state index contributed by atoms with van der Waals surface area (Å²) in [6, 6.07) is 5.63. The van der Waals surface area contributed by atoms with E-state index in [1.54, 1.807) is 6.20 Å². The molecule has 2 heterocycles. The minimum Gasteiger partial charge on any atom is -0.481 e. The van der Waals surface area contributed by atoms with Crippen molar-refractivity contribution in [2.75, 3.05) is 0 Å². The first-order valence-corrected chi connectivity index (χ1v) is 5.35. The van der Waals surface area contributed by atoms with E-state index in [0.717, 1.165) is 17.3 Å². The van der Waals surface area contributed by atoms with Crippen LogP contribution in [-0.2, 0) is 11.2 Å². The van der Waals surface area contributed by atoms with Crippen molar-refractivity contribution in [2.24, 2.45) is 0 Å². The van der Waals surface area contributed by atoms with Gasteiger partial charge in [-0.2, -0.15) is 0 Å². The fraction of sp³-hybridized carbons (Fsp3) is 0.250. The van der Waals surface area contributed by atoms with E-state index < -0.39 is 5.97 Å². The molecule has 0 saturated carbocycles. The van der Waals surface area contributed by atoms with E-state index in [-0.39, 0.29) is 6.42 Å². The zero-order valence-corrected chi connectivity index (χ0v) is 9.50. The fourth-order valence-corrected chi connectivity index (χ4v) is 1.62. The highest BCUT2D eigenvalue weighted by molar-refractivity contribution is 5.66. The second-order valence-electron chi connectivity index (χ2n) is 3.73. The molecule has 0 radical (unpaired) electrons. The van der Waals surface area contributed by atoms with Gasteiger partial charge in [0.05, 0.1) is 12.1 Å². The number of hydrogen-bond acceptors (Lipinski definition) is 3. The van der Waals surface area contributed by atoms with Crippen LogP contribution in [0.15, 0.2) is 30.6 Å². The molecule has 0 aliphatic heterocycles. The van der Waals surface area contributed by atoms with E-state index in [0.29, 0.717) is 6.42 Å². The number of aryl methyl sites for hydroxylation is 2. The zero-order chi connectivity index (χ0) is 12.3. The number of hydrogen-bond donors (Lipinski definition) is 1. The summed E-state index contributed by atoms with van der Waals surface area (Å²) in [5.74, 6) is 0.790. The van der Waals surface area contributed by atoms with Gasteiger partial charge in [0.2, 0.25) is 0 Å². The summed E-state index contributed by atoms with van der Waals surface area (Å²) >= 11 is 0. The predicted octanol–water partition coefficient (Wildman–Crippen LogP) is 1.59. The molecule has 0 aliphatic rings. The number of aliphatic carboxylic acids is 1. The van der Waals surface area contributed by atoms with Gasteiger partial charge in [0.1, 0.15) is 11.6 Å². The Morgan fingerprint density at radius 3 is 2.94 bits per heavy atom. The Labute approximate surface area is 98.8 Å². The summed E-state index contributed by atoms with van der Waals surface area (Å²) in [5.41, 5.74) is 0.774. The van der Waals surface area contributed by atoms with E-state index in [1.807, 2.05) is 35.9 Å². The van der Waals surface area contributed by atoms with Gasteiger partial charge in [-0.15, -0.1) is 0 Å². The van der Waals surface area contributed by atoms with Crippen LogP contribution in [0.25, 0.3) is 5.82 Å². The Bertz CT molecular complexity index is 520. The highest BCUT2D eigenvalue weighted by Crippen LogP contribution is 2.10. The van der Waals surface area contributed by atoms with Crippen molar-refractivity contribution in [1.82, 2.24) is 14.5 Å². The third kappa shape index (κ3) is 2.69. The molecule has 88 valence electrons. The molecule has 0 aromatic carbocycles. The van der Waals surface area contributed by atoms with E-state index >= 15 is 0 Å². The van der Waals surface area contributed by atoms with Gasteiger partial charge in [-0.05, 0) is 19.1 Å². The monoisotopic (exact) mass is 231 g/mol. The SMILES string of the molecule is Cc1nc(CCC(=O)O)cn1-c1ccccn1. The van der Waals surface area contributed by atoms with Crippen molar-refractivity contribution in [3.63, 3.8) is 0 Å². The smallest absolute Gasteiger partial charge is 0.303 e. The minimum absolute atomic E-state index is 0.0959. The first kappa shape index (κ1) is 11.3. The van der Waals surface area contributed by atoms with Gasteiger partial charge in [0, 0.05) is 18.8 Å². The maximum atomic E-state index is 10.5. The van der Waals surface area contributed by atoms with Gasteiger partial charge < -0.3 is 5.11 Å². The van der Waals surface area contributed by atoms with Crippen molar-refractivity contribution in [1.29, 1.82) is 0 Å². The number of aromatic nitrogens is 3. The molecule has 0 amide bonds. The number of carbonyl (C=O) groups is 1. The standard InChI is InChI=1S/C12H13N3O2/c1-9-14-10(5-6-12(16)17)8-15(9)11-4-2-3-7-13-11/h2-4,7-8H,5-6H2,1H3,(H,16,17). The molecule has 0 atom stereocenters. The number of pyridine rings is 1. The van der Waals surface area contributed by atoms with Gasteiger partial charge in [-0.25, -0.2) is 9.97 Å². The van der Waals surface area contributed by atoms with Crippen LogP contribution in [0.2, 0.25) is 0 Å². The largest absolute Gasteiger partial charge is 0.481 e. The van der Waals surface area contributed by atoms with Crippen molar-refractivity contribution >= 4 is 5.97 Å². The topological polar surface area (TPSA) is 68.0 Å². The summed E-state index contributed by atoms with van der Waals surface area (Å²) in [4.78, 5) is 19.0. The van der Waals surface area contributed by atoms with Crippen molar-refractivity contribution in [2.45, 2.75) is 19.8 Å². The van der Waals surface area contributed by atoms with Crippen LogP contribution < -0.4 is 0 Å². The molecule has 5 nitrogen and oxygen atoms in total. The van der Waals surface area contributed by atoms with E-state index in [2.05, 4.69) is 9.97 Å². The average Bonchev–Trinajstić information content (AvgIpc) is 2.69. The molecule has 2 aromatic heterocycles. The van der Waals surface area contributed by atoms with Crippen molar-refractivity contribution in [3.05, 3.63) is 42.1 Å². The molecule has 0 saturated heterocycles. The number of carboxylic acid groups (broad SMARTS) is 1. The third-order valence-corrected chi connectivity index (χ3v) is 2.42. The van der Waals surface area contributed by atoms with Crippen LogP contribution >= 0.6 is 0 Å². The molecule has 0 spiro atoms. The van der Waals surface area contributed by atoms with E-state index in [9.17, 15) is 4.79 Å². The average molecular weight is 231 g/mol.